The van der Waals surface area contributed by atoms with Crippen LogP contribution in [0.2, 0.25) is 0 Å². The monoisotopic (exact) mass is 246 g/mol. The molecule has 3 heteroatoms. The van der Waals surface area contributed by atoms with E-state index in [1.807, 2.05) is 24.3 Å². The first-order chi connectivity index (χ1) is 8.88. The van der Waals surface area contributed by atoms with Crippen molar-refractivity contribution in [2.24, 2.45) is 5.92 Å². The molecule has 0 atom stereocenters. The van der Waals surface area contributed by atoms with E-state index in [1.165, 1.54) is 0 Å². The van der Waals surface area contributed by atoms with Gasteiger partial charge in [-0.25, -0.2) is 0 Å². The van der Waals surface area contributed by atoms with Crippen molar-refractivity contribution >= 4 is 0 Å². The summed E-state index contributed by atoms with van der Waals surface area (Å²) in [6.07, 6.45) is 2.17. The summed E-state index contributed by atoms with van der Waals surface area (Å²) in [6, 6.07) is 7.64. The molecule has 2 rings (SSSR count). The molecule has 0 saturated carbocycles. The first kappa shape index (κ1) is 12.9. The van der Waals surface area contributed by atoms with Crippen LogP contribution in [-0.4, -0.2) is 31.5 Å². The predicted octanol–water partition coefficient (Wildman–Crippen LogP) is 1.84. The highest BCUT2D eigenvalue weighted by molar-refractivity contribution is 5.38. The minimum atomic E-state index is -0.109. The molecule has 0 bridgehead atoms. The summed E-state index contributed by atoms with van der Waals surface area (Å²) in [4.78, 5) is 0. The smallest absolute Gasteiger partial charge is 0.119 e. The van der Waals surface area contributed by atoms with Crippen molar-refractivity contribution in [1.29, 1.82) is 0 Å². The Morgan fingerprint density at radius 2 is 1.94 bits per heavy atom. The molecule has 0 aromatic heterocycles. The summed E-state index contributed by atoms with van der Waals surface area (Å²) in [6.45, 7) is 2.35. The first-order valence-corrected chi connectivity index (χ1v) is 6.29. The van der Waals surface area contributed by atoms with E-state index >= 15 is 0 Å². The predicted molar refractivity (Wildman–Crippen MR) is 69.4 cm³/mol. The van der Waals surface area contributed by atoms with Crippen molar-refractivity contribution in [2.75, 3.05) is 26.4 Å². The van der Waals surface area contributed by atoms with Gasteiger partial charge in [0.05, 0.1) is 6.61 Å². The van der Waals surface area contributed by atoms with Gasteiger partial charge in [0.1, 0.15) is 12.4 Å². The molecule has 1 fully saturated rings. The van der Waals surface area contributed by atoms with Crippen LogP contribution in [0, 0.1) is 17.8 Å². The second kappa shape index (κ2) is 7.05. The second-order valence-electron chi connectivity index (χ2n) is 4.35. The summed E-state index contributed by atoms with van der Waals surface area (Å²) >= 11 is 0. The van der Waals surface area contributed by atoms with Crippen LogP contribution in [-0.2, 0) is 4.74 Å². The van der Waals surface area contributed by atoms with Gasteiger partial charge in [-0.1, -0.05) is 11.8 Å². The third-order valence-corrected chi connectivity index (χ3v) is 2.99. The molecule has 18 heavy (non-hydrogen) atoms. The van der Waals surface area contributed by atoms with Crippen LogP contribution in [0.4, 0.5) is 0 Å². The molecule has 1 aliphatic heterocycles. The molecular weight excluding hydrogens is 228 g/mol. The van der Waals surface area contributed by atoms with Crippen molar-refractivity contribution in [3.8, 4) is 17.6 Å². The van der Waals surface area contributed by atoms with E-state index in [0.717, 1.165) is 44.0 Å². The van der Waals surface area contributed by atoms with Crippen LogP contribution < -0.4 is 4.74 Å². The summed E-state index contributed by atoms with van der Waals surface area (Å²) in [5, 5.41) is 8.60. The average Bonchev–Trinajstić information content (AvgIpc) is 2.45. The van der Waals surface area contributed by atoms with Gasteiger partial charge in [-0.3, -0.25) is 0 Å². The number of ether oxygens (including phenoxy) is 2. The molecule has 1 aromatic carbocycles. The Balaban J connectivity index is 1.82. The summed E-state index contributed by atoms with van der Waals surface area (Å²) in [5.74, 6) is 6.95. The van der Waals surface area contributed by atoms with Gasteiger partial charge in [0.2, 0.25) is 0 Å². The summed E-state index contributed by atoms with van der Waals surface area (Å²) in [5.41, 5.74) is 0.891. The maximum absolute atomic E-state index is 8.60. The van der Waals surface area contributed by atoms with Crippen LogP contribution >= 0.6 is 0 Å². The fourth-order valence-corrected chi connectivity index (χ4v) is 1.90. The van der Waals surface area contributed by atoms with E-state index in [1.54, 1.807) is 0 Å². The van der Waals surface area contributed by atoms with Gasteiger partial charge in [-0.15, -0.1) is 0 Å². The van der Waals surface area contributed by atoms with Crippen LogP contribution in [0.15, 0.2) is 24.3 Å². The van der Waals surface area contributed by atoms with Crippen molar-refractivity contribution in [3.63, 3.8) is 0 Å². The third-order valence-electron chi connectivity index (χ3n) is 2.99. The highest BCUT2D eigenvalue weighted by atomic mass is 16.5. The largest absolute Gasteiger partial charge is 0.493 e. The molecule has 3 nitrogen and oxygen atoms in total. The number of aliphatic hydroxyl groups excluding tert-OH is 1. The van der Waals surface area contributed by atoms with Gasteiger partial charge in [0.15, 0.2) is 0 Å². The van der Waals surface area contributed by atoms with E-state index in [2.05, 4.69) is 11.8 Å². The minimum Gasteiger partial charge on any atom is -0.493 e. The quantitative estimate of drug-likeness (QED) is 0.827. The highest BCUT2D eigenvalue weighted by Crippen LogP contribution is 2.18. The van der Waals surface area contributed by atoms with E-state index in [4.69, 9.17) is 14.6 Å². The van der Waals surface area contributed by atoms with Crippen LogP contribution in [0.3, 0.4) is 0 Å². The maximum atomic E-state index is 8.60. The zero-order valence-corrected chi connectivity index (χ0v) is 10.4. The zero-order valence-electron chi connectivity index (χ0n) is 10.4. The van der Waals surface area contributed by atoms with Gasteiger partial charge in [0, 0.05) is 18.8 Å². The second-order valence-corrected chi connectivity index (χ2v) is 4.35. The Labute approximate surface area is 108 Å². The maximum Gasteiger partial charge on any atom is 0.119 e. The molecule has 1 aliphatic rings. The Bertz CT molecular complexity index is 408. The minimum absolute atomic E-state index is 0.109. The van der Waals surface area contributed by atoms with Crippen LogP contribution in [0.1, 0.15) is 18.4 Å². The van der Waals surface area contributed by atoms with Crippen molar-refractivity contribution in [2.45, 2.75) is 12.8 Å². The van der Waals surface area contributed by atoms with Gasteiger partial charge < -0.3 is 14.6 Å². The molecule has 0 amide bonds. The van der Waals surface area contributed by atoms with E-state index in [9.17, 15) is 0 Å². The highest BCUT2D eigenvalue weighted by Gasteiger charge is 2.14. The SMILES string of the molecule is OCC#Cc1ccc(OCC2CCOCC2)cc1. The van der Waals surface area contributed by atoms with Crippen molar-refractivity contribution in [1.82, 2.24) is 0 Å². The van der Waals surface area contributed by atoms with Gasteiger partial charge in [-0.05, 0) is 43.0 Å². The molecule has 96 valence electrons. The fraction of sp³-hybridized carbons (Fsp3) is 0.467. The topological polar surface area (TPSA) is 38.7 Å². The Hall–Kier alpha value is -1.50. The number of hydrogen-bond acceptors (Lipinski definition) is 3. The van der Waals surface area contributed by atoms with Gasteiger partial charge in [0.25, 0.3) is 0 Å². The number of benzene rings is 1. The molecule has 1 saturated heterocycles. The Morgan fingerprint density at radius 3 is 2.61 bits per heavy atom. The van der Waals surface area contributed by atoms with Crippen molar-refractivity contribution < 1.29 is 14.6 Å². The standard InChI is InChI=1S/C15H18O3/c16-9-1-2-13-3-5-15(6-4-13)18-12-14-7-10-17-11-8-14/h3-6,14,16H,7-12H2. The summed E-state index contributed by atoms with van der Waals surface area (Å²) < 4.78 is 11.1. The molecule has 1 heterocycles. The number of rotatable bonds is 3. The molecule has 0 unspecified atom stereocenters. The molecule has 1 aromatic rings. The van der Waals surface area contributed by atoms with Crippen molar-refractivity contribution in [3.05, 3.63) is 29.8 Å². The van der Waals surface area contributed by atoms with E-state index in [-0.39, 0.29) is 6.61 Å². The van der Waals surface area contributed by atoms with Crippen LogP contribution in [0.25, 0.3) is 0 Å². The van der Waals surface area contributed by atoms with Gasteiger partial charge >= 0.3 is 0 Å². The zero-order chi connectivity index (χ0) is 12.6. The Morgan fingerprint density at radius 1 is 1.22 bits per heavy atom. The molecule has 1 N–H and O–H groups in total. The average molecular weight is 246 g/mol. The molecule has 0 spiro atoms. The Kier molecular flexibility index (Phi) is 5.07. The lowest BCUT2D eigenvalue weighted by Crippen LogP contribution is -2.21. The lowest BCUT2D eigenvalue weighted by Gasteiger charge is -2.22. The third kappa shape index (κ3) is 4.06. The van der Waals surface area contributed by atoms with E-state index < -0.39 is 0 Å². The molecular formula is C15H18O3. The lowest BCUT2D eigenvalue weighted by molar-refractivity contribution is 0.0497. The van der Waals surface area contributed by atoms with Gasteiger partial charge in [-0.2, -0.15) is 0 Å². The van der Waals surface area contributed by atoms with E-state index in [0.29, 0.717) is 5.92 Å². The first-order valence-electron chi connectivity index (χ1n) is 6.29. The molecule has 0 aliphatic carbocycles. The number of hydrogen-bond donors (Lipinski definition) is 1. The summed E-state index contributed by atoms with van der Waals surface area (Å²) in [7, 11) is 0. The number of aliphatic hydroxyl groups is 1. The molecule has 0 radical (unpaired) electrons. The fourth-order valence-electron chi connectivity index (χ4n) is 1.90. The normalized spacial score (nSPS) is 15.8. The van der Waals surface area contributed by atoms with Crippen LogP contribution in [0.5, 0.6) is 5.75 Å². The lowest BCUT2D eigenvalue weighted by atomic mass is 10.0.